The van der Waals surface area contributed by atoms with Crippen LogP contribution in [0.2, 0.25) is 0 Å². The molecule has 1 aliphatic heterocycles. The molecule has 2 aromatic carbocycles. The third-order valence-corrected chi connectivity index (χ3v) is 8.27. The van der Waals surface area contributed by atoms with Crippen molar-refractivity contribution in [3.63, 3.8) is 0 Å². The Morgan fingerprint density at radius 2 is 1.84 bits per heavy atom. The molecule has 11 heteroatoms. The van der Waals surface area contributed by atoms with E-state index in [0.29, 0.717) is 38.7 Å². The lowest BCUT2D eigenvalue weighted by molar-refractivity contribution is -0.143. The Morgan fingerprint density at radius 1 is 1.07 bits per heavy atom. The van der Waals surface area contributed by atoms with Gasteiger partial charge < -0.3 is 23.5 Å². The summed E-state index contributed by atoms with van der Waals surface area (Å²) in [6, 6.07) is 12.6. The normalized spacial score (nSPS) is 14.9. The largest absolute Gasteiger partial charge is 0.490 e. The molecule has 0 saturated carbocycles. The van der Waals surface area contributed by atoms with Gasteiger partial charge in [-0.15, -0.1) is 0 Å². The molecular formula is C33H35N3O7S. The minimum absolute atomic E-state index is 0.164. The molecule has 2 aromatic heterocycles. The van der Waals surface area contributed by atoms with Crippen LogP contribution in [-0.4, -0.2) is 48.0 Å². The summed E-state index contributed by atoms with van der Waals surface area (Å²) in [4.78, 5) is 44.4. The Hall–Kier alpha value is -4.64. The second-order valence-electron chi connectivity index (χ2n) is 10.4. The number of methoxy groups -OCH3 is 1. The number of carbonyl (C=O) groups excluding carboxylic acids is 2. The molecule has 5 rings (SSSR count). The lowest BCUT2D eigenvalue weighted by Gasteiger charge is -2.25. The van der Waals surface area contributed by atoms with Crippen molar-refractivity contribution in [1.29, 1.82) is 0 Å². The van der Waals surface area contributed by atoms with Gasteiger partial charge in [-0.1, -0.05) is 35.6 Å². The summed E-state index contributed by atoms with van der Waals surface area (Å²) in [5.74, 6) is -0.413. The van der Waals surface area contributed by atoms with E-state index >= 15 is 0 Å². The first-order chi connectivity index (χ1) is 21.2. The zero-order chi connectivity index (χ0) is 31.5. The average molecular weight is 618 g/mol. The maximum atomic E-state index is 14.2. The third-order valence-electron chi connectivity index (χ3n) is 7.29. The lowest BCUT2D eigenvalue weighted by atomic mass is 9.95. The summed E-state index contributed by atoms with van der Waals surface area (Å²) >= 11 is 1.27. The molecule has 10 nitrogen and oxygen atoms in total. The summed E-state index contributed by atoms with van der Waals surface area (Å²) in [6.45, 7) is 9.71. The Labute approximate surface area is 258 Å². The van der Waals surface area contributed by atoms with Crippen molar-refractivity contribution in [2.24, 2.45) is 4.99 Å². The SMILES string of the molecule is CCOC(=O)C1=C(C)N=c2s/c(=C/c3cn(C(C)C)c4ccccc34)c(=O)n2[C@H]1c1ccc(OCC(=O)OC)c(OCC)c1. The summed E-state index contributed by atoms with van der Waals surface area (Å²) in [6.07, 6.45) is 3.95. The number of rotatable bonds is 10. The van der Waals surface area contributed by atoms with Crippen molar-refractivity contribution in [3.8, 4) is 11.5 Å². The minimum atomic E-state index is -0.835. The second kappa shape index (κ2) is 12.9. The highest BCUT2D eigenvalue weighted by atomic mass is 32.1. The smallest absolute Gasteiger partial charge is 0.343 e. The molecule has 230 valence electrons. The quantitative estimate of drug-likeness (QED) is 0.244. The van der Waals surface area contributed by atoms with E-state index in [1.807, 2.05) is 31.2 Å². The Morgan fingerprint density at radius 3 is 2.55 bits per heavy atom. The van der Waals surface area contributed by atoms with Gasteiger partial charge in [-0.25, -0.2) is 14.6 Å². The number of para-hydroxylation sites is 1. The molecule has 1 aliphatic rings. The summed E-state index contributed by atoms with van der Waals surface area (Å²) < 4.78 is 25.8. The van der Waals surface area contributed by atoms with Gasteiger partial charge in [0.1, 0.15) is 0 Å². The van der Waals surface area contributed by atoms with Gasteiger partial charge in [0.15, 0.2) is 22.9 Å². The van der Waals surface area contributed by atoms with E-state index in [1.54, 1.807) is 32.0 Å². The van der Waals surface area contributed by atoms with Gasteiger partial charge in [0.25, 0.3) is 5.56 Å². The van der Waals surface area contributed by atoms with Crippen molar-refractivity contribution in [2.45, 2.75) is 46.7 Å². The maximum absolute atomic E-state index is 14.2. The molecule has 1 atom stereocenters. The number of nitrogens with zero attached hydrogens (tertiary/aromatic N) is 3. The second-order valence-corrected chi connectivity index (χ2v) is 11.4. The molecule has 0 amide bonds. The van der Waals surface area contributed by atoms with Crippen LogP contribution >= 0.6 is 11.3 Å². The van der Waals surface area contributed by atoms with Gasteiger partial charge >= 0.3 is 11.9 Å². The van der Waals surface area contributed by atoms with Crippen LogP contribution in [0.15, 0.2) is 69.7 Å². The third kappa shape index (κ3) is 5.79. The lowest BCUT2D eigenvalue weighted by Crippen LogP contribution is -2.40. The summed E-state index contributed by atoms with van der Waals surface area (Å²) in [5.41, 5.74) is 3.04. The number of hydrogen-bond donors (Lipinski definition) is 0. The first-order valence-corrected chi connectivity index (χ1v) is 15.3. The van der Waals surface area contributed by atoms with Crippen molar-refractivity contribution in [2.75, 3.05) is 26.9 Å². The number of allylic oxidation sites excluding steroid dienone is 1. The molecule has 3 heterocycles. The van der Waals surface area contributed by atoms with E-state index in [4.69, 9.17) is 14.2 Å². The van der Waals surface area contributed by atoms with Gasteiger partial charge in [-0.2, -0.15) is 0 Å². The van der Waals surface area contributed by atoms with E-state index in [2.05, 4.69) is 40.4 Å². The van der Waals surface area contributed by atoms with Gasteiger partial charge in [-0.3, -0.25) is 9.36 Å². The topological polar surface area (TPSA) is 110 Å². The Kier molecular flexibility index (Phi) is 9.05. The van der Waals surface area contributed by atoms with Crippen molar-refractivity contribution < 1.29 is 28.5 Å². The number of aromatic nitrogens is 2. The van der Waals surface area contributed by atoms with Crippen LogP contribution in [0.3, 0.4) is 0 Å². The average Bonchev–Trinajstić information content (AvgIpc) is 3.53. The molecule has 0 radical (unpaired) electrons. The molecule has 0 fully saturated rings. The highest BCUT2D eigenvalue weighted by Gasteiger charge is 2.34. The number of thiazole rings is 1. The van der Waals surface area contributed by atoms with Crippen LogP contribution in [0.25, 0.3) is 17.0 Å². The first kappa shape index (κ1) is 30.8. The molecule has 44 heavy (non-hydrogen) atoms. The molecule has 0 N–H and O–H groups in total. The fraction of sp³-hybridized carbons (Fsp3) is 0.333. The van der Waals surface area contributed by atoms with Gasteiger partial charge in [0.05, 0.1) is 42.2 Å². The van der Waals surface area contributed by atoms with Crippen LogP contribution in [0, 0.1) is 0 Å². The Bertz CT molecular complexity index is 1950. The summed E-state index contributed by atoms with van der Waals surface area (Å²) in [7, 11) is 1.28. The van der Waals surface area contributed by atoms with Crippen molar-refractivity contribution >= 4 is 40.3 Å². The molecule has 0 aliphatic carbocycles. The molecule has 0 unspecified atom stereocenters. The molecule has 0 spiro atoms. The Balaban J connectivity index is 1.70. The van der Waals surface area contributed by atoms with E-state index < -0.39 is 18.0 Å². The summed E-state index contributed by atoms with van der Waals surface area (Å²) in [5, 5.41) is 1.04. The number of fused-ring (bicyclic) bond motifs is 2. The zero-order valence-corrected chi connectivity index (χ0v) is 26.4. The zero-order valence-electron chi connectivity index (χ0n) is 25.6. The standard InChI is InChI=1S/C33H35N3O7S/c1-7-41-26-15-21(13-14-25(26)43-18-28(37)40-6)30-29(32(39)42-8-2)20(5)34-33-36(30)31(38)27(44-33)16-22-17-35(19(3)4)24-12-10-9-11-23(22)24/h9-17,19,30H,7-8,18H2,1-6H3/b27-16+/t30-/m0/s1. The fourth-order valence-electron chi connectivity index (χ4n) is 5.30. The number of esters is 2. The maximum Gasteiger partial charge on any atom is 0.343 e. The minimum Gasteiger partial charge on any atom is -0.490 e. The van der Waals surface area contributed by atoms with E-state index in [0.717, 1.165) is 16.5 Å². The predicted molar refractivity (Wildman–Crippen MR) is 168 cm³/mol. The van der Waals surface area contributed by atoms with Crippen LogP contribution < -0.4 is 24.4 Å². The van der Waals surface area contributed by atoms with Gasteiger partial charge in [-0.05, 0) is 64.5 Å². The molecule has 0 bridgehead atoms. The van der Waals surface area contributed by atoms with Gasteiger partial charge in [0.2, 0.25) is 0 Å². The monoisotopic (exact) mass is 617 g/mol. The highest BCUT2D eigenvalue weighted by Crippen LogP contribution is 2.36. The van der Waals surface area contributed by atoms with Gasteiger partial charge in [0, 0.05) is 28.7 Å². The van der Waals surface area contributed by atoms with Crippen LogP contribution in [-0.2, 0) is 19.1 Å². The molecule has 4 aromatic rings. The first-order valence-electron chi connectivity index (χ1n) is 14.4. The number of hydrogen-bond acceptors (Lipinski definition) is 9. The van der Waals surface area contributed by atoms with Crippen LogP contribution in [0.5, 0.6) is 11.5 Å². The van der Waals surface area contributed by atoms with Crippen LogP contribution in [0.1, 0.15) is 57.8 Å². The number of benzene rings is 2. The molecular weight excluding hydrogens is 582 g/mol. The van der Waals surface area contributed by atoms with E-state index in [9.17, 15) is 14.4 Å². The van der Waals surface area contributed by atoms with Crippen LogP contribution in [0.4, 0.5) is 0 Å². The van der Waals surface area contributed by atoms with Crippen molar-refractivity contribution in [1.82, 2.24) is 9.13 Å². The van der Waals surface area contributed by atoms with E-state index in [1.165, 1.54) is 23.0 Å². The van der Waals surface area contributed by atoms with E-state index in [-0.39, 0.29) is 30.4 Å². The molecule has 0 saturated heterocycles. The number of ether oxygens (including phenoxy) is 4. The predicted octanol–water partition coefficient (Wildman–Crippen LogP) is 4.28. The highest BCUT2D eigenvalue weighted by molar-refractivity contribution is 7.07. The fourth-order valence-corrected chi connectivity index (χ4v) is 6.34. The van der Waals surface area contributed by atoms with Crippen molar-refractivity contribution in [3.05, 3.63) is 90.7 Å². The number of carbonyl (C=O) groups is 2.